The highest BCUT2D eigenvalue weighted by molar-refractivity contribution is 9.10. The molecule has 0 saturated carbocycles. The van der Waals surface area contributed by atoms with Crippen LogP contribution in [0.3, 0.4) is 0 Å². The Morgan fingerprint density at radius 3 is 2.71 bits per heavy atom. The molecule has 0 radical (unpaired) electrons. The molecular weight excluding hydrogens is 240 g/mol. The van der Waals surface area contributed by atoms with Crippen molar-refractivity contribution in [2.75, 3.05) is 0 Å². The fraction of sp³-hybridized carbons (Fsp3) is 0.364. The van der Waals surface area contributed by atoms with Crippen LogP contribution in [-0.4, -0.2) is 9.97 Å². The molecule has 74 valence electrons. The van der Waals surface area contributed by atoms with Gasteiger partial charge in [0.25, 0.3) is 0 Å². The third-order valence-corrected chi connectivity index (χ3v) is 3.00. The van der Waals surface area contributed by atoms with E-state index in [0.29, 0.717) is 0 Å². The molecule has 0 fully saturated rings. The van der Waals surface area contributed by atoms with Crippen molar-refractivity contribution >= 4 is 27.0 Å². The smallest absolute Gasteiger partial charge is 0.138 e. The van der Waals surface area contributed by atoms with Crippen LogP contribution >= 0.6 is 15.9 Å². The summed E-state index contributed by atoms with van der Waals surface area (Å²) in [5, 5.41) is 1.15. The van der Waals surface area contributed by atoms with Gasteiger partial charge >= 0.3 is 0 Å². The molecule has 2 rings (SSSR count). The SMILES string of the molecule is CC(C)(C)c1cnc2[nH]cc(Br)c2c1. The van der Waals surface area contributed by atoms with Crippen LogP contribution in [0.2, 0.25) is 0 Å². The zero-order valence-electron chi connectivity index (χ0n) is 8.56. The molecule has 2 aromatic heterocycles. The molecule has 0 unspecified atom stereocenters. The molecule has 0 aliphatic heterocycles. The van der Waals surface area contributed by atoms with Gasteiger partial charge in [0, 0.05) is 22.3 Å². The Morgan fingerprint density at radius 1 is 1.36 bits per heavy atom. The molecule has 0 spiro atoms. The molecule has 0 aliphatic carbocycles. The summed E-state index contributed by atoms with van der Waals surface area (Å²) in [6.07, 6.45) is 3.86. The summed E-state index contributed by atoms with van der Waals surface area (Å²) in [7, 11) is 0. The highest BCUT2D eigenvalue weighted by atomic mass is 79.9. The number of fused-ring (bicyclic) bond motifs is 1. The zero-order chi connectivity index (χ0) is 10.3. The summed E-state index contributed by atoms with van der Waals surface area (Å²) in [5.41, 5.74) is 2.34. The third kappa shape index (κ3) is 1.57. The van der Waals surface area contributed by atoms with Gasteiger partial charge in [0.2, 0.25) is 0 Å². The third-order valence-electron chi connectivity index (χ3n) is 2.35. The van der Waals surface area contributed by atoms with Crippen LogP contribution in [0.4, 0.5) is 0 Å². The Hall–Kier alpha value is -0.830. The number of halogens is 1. The van der Waals surface area contributed by atoms with Gasteiger partial charge in [0.05, 0.1) is 0 Å². The second-order valence-electron chi connectivity index (χ2n) is 4.51. The normalized spacial score (nSPS) is 12.3. The summed E-state index contributed by atoms with van der Waals surface area (Å²) in [4.78, 5) is 7.49. The Morgan fingerprint density at radius 2 is 2.07 bits per heavy atom. The Balaban J connectivity index is 2.66. The van der Waals surface area contributed by atoms with Crippen LogP contribution in [0, 0.1) is 0 Å². The number of aromatic nitrogens is 2. The molecule has 0 saturated heterocycles. The van der Waals surface area contributed by atoms with Crippen molar-refractivity contribution in [2.45, 2.75) is 26.2 Å². The van der Waals surface area contributed by atoms with E-state index < -0.39 is 0 Å². The molecule has 0 atom stereocenters. The first-order valence-corrected chi connectivity index (χ1v) is 5.41. The quantitative estimate of drug-likeness (QED) is 0.763. The predicted molar refractivity (Wildman–Crippen MR) is 62.5 cm³/mol. The largest absolute Gasteiger partial charge is 0.345 e. The number of pyridine rings is 1. The Bertz CT molecular complexity index is 466. The molecule has 0 amide bonds. The minimum Gasteiger partial charge on any atom is -0.345 e. The predicted octanol–water partition coefficient (Wildman–Crippen LogP) is 3.62. The van der Waals surface area contributed by atoms with E-state index >= 15 is 0 Å². The Kier molecular flexibility index (Phi) is 2.14. The van der Waals surface area contributed by atoms with Crippen molar-refractivity contribution in [1.82, 2.24) is 9.97 Å². The van der Waals surface area contributed by atoms with Crippen molar-refractivity contribution in [3.63, 3.8) is 0 Å². The summed E-state index contributed by atoms with van der Waals surface area (Å²) < 4.78 is 1.08. The highest BCUT2D eigenvalue weighted by Gasteiger charge is 2.15. The number of hydrogen-bond acceptors (Lipinski definition) is 1. The number of aromatic amines is 1. The van der Waals surface area contributed by atoms with Gasteiger partial charge in [-0.2, -0.15) is 0 Å². The van der Waals surface area contributed by atoms with Gasteiger partial charge < -0.3 is 4.98 Å². The fourth-order valence-electron chi connectivity index (χ4n) is 1.38. The average molecular weight is 253 g/mol. The van der Waals surface area contributed by atoms with Gasteiger partial charge in [0.15, 0.2) is 0 Å². The molecule has 0 aromatic carbocycles. The van der Waals surface area contributed by atoms with Crippen LogP contribution in [0.25, 0.3) is 11.0 Å². The lowest BCUT2D eigenvalue weighted by Crippen LogP contribution is -2.11. The van der Waals surface area contributed by atoms with Crippen molar-refractivity contribution in [2.24, 2.45) is 0 Å². The Labute approximate surface area is 91.9 Å². The van der Waals surface area contributed by atoms with E-state index in [0.717, 1.165) is 15.5 Å². The van der Waals surface area contributed by atoms with Gasteiger partial charge in [-0.3, -0.25) is 0 Å². The first-order valence-electron chi connectivity index (χ1n) is 4.61. The standard InChI is InChI=1S/C11H13BrN2/c1-11(2,3)7-4-8-9(12)6-14-10(8)13-5-7/h4-6H,1-3H3,(H,13,14). The van der Waals surface area contributed by atoms with Gasteiger partial charge in [-0.1, -0.05) is 20.8 Å². The van der Waals surface area contributed by atoms with Crippen molar-refractivity contribution in [3.05, 3.63) is 28.5 Å². The molecule has 2 heterocycles. The lowest BCUT2D eigenvalue weighted by Gasteiger charge is -2.18. The summed E-state index contributed by atoms with van der Waals surface area (Å²) >= 11 is 3.50. The van der Waals surface area contributed by atoms with Crippen molar-refractivity contribution < 1.29 is 0 Å². The molecule has 2 aromatic rings. The van der Waals surface area contributed by atoms with Crippen LogP contribution < -0.4 is 0 Å². The van der Waals surface area contributed by atoms with Crippen molar-refractivity contribution in [1.29, 1.82) is 0 Å². The van der Waals surface area contributed by atoms with Gasteiger partial charge in [-0.05, 0) is 33.0 Å². The molecular formula is C11H13BrN2. The minimum atomic E-state index is 0.151. The number of rotatable bonds is 0. The number of nitrogens with zero attached hydrogens (tertiary/aromatic N) is 1. The van der Waals surface area contributed by atoms with E-state index in [1.807, 2.05) is 12.4 Å². The molecule has 3 heteroatoms. The first-order chi connectivity index (χ1) is 6.48. The number of H-pyrrole nitrogens is 1. The number of nitrogens with one attached hydrogen (secondary N) is 1. The molecule has 0 aliphatic rings. The van der Waals surface area contributed by atoms with E-state index in [1.54, 1.807) is 0 Å². The second kappa shape index (κ2) is 3.09. The lowest BCUT2D eigenvalue weighted by molar-refractivity contribution is 0.588. The maximum Gasteiger partial charge on any atom is 0.138 e. The van der Waals surface area contributed by atoms with E-state index in [-0.39, 0.29) is 5.41 Å². The van der Waals surface area contributed by atoms with Crippen LogP contribution in [0.5, 0.6) is 0 Å². The summed E-state index contributed by atoms with van der Waals surface area (Å²) in [6, 6.07) is 2.18. The second-order valence-corrected chi connectivity index (χ2v) is 5.36. The monoisotopic (exact) mass is 252 g/mol. The average Bonchev–Trinajstić information content (AvgIpc) is 2.46. The summed E-state index contributed by atoms with van der Waals surface area (Å²) in [6.45, 7) is 6.57. The number of hydrogen-bond donors (Lipinski definition) is 1. The van der Waals surface area contributed by atoms with E-state index in [9.17, 15) is 0 Å². The van der Waals surface area contributed by atoms with E-state index in [2.05, 4.69) is 52.7 Å². The minimum absolute atomic E-state index is 0.151. The van der Waals surface area contributed by atoms with Gasteiger partial charge in [-0.15, -0.1) is 0 Å². The van der Waals surface area contributed by atoms with Crippen LogP contribution in [0.1, 0.15) is 26.3 Å². The fourth-order valence-corrected chi connectivity index (χ4v) is 1.80. The van der Waals surface area contributed by atoms with Gasteiger partial charge in [0.1, 0.15) is 5.65 Å². The van der Waals surface area contributed by atoms with E-state index in [4.69, 9.17) is 0 Å². The van der Waals surface area contributed by atoms with Crippen LogP contribution in [-0.2, 0) is 5.41 Å². The molecule has 2 nitrogen and oxygen atoms in total. The van der Waals surface area contributed by atoms with E-state index in [1.165, 1.54) is 5.56 Å². The lowest BCUT2D eigenvalue weighted by atomic mass is 9.88. The van der Waals surface area contributed by atoms with Crippen molar-refractivity contribution in [3.8, 4) is 0 Å². The first kappa shape index (κ1) is 9.71. The molecule has 1 N–H and O–H groups in total. The van der Waals surface area contributed by atoms with Crippen LogP contribution in [0.15, 0.2) is 22.9 Å². The summed E-state index contributed by atoms with van der Waals surface area (Å²) in [5.74, 6) is 0. The zero-order valence-corrected chi connectivity index (χ0v) is 10.1. The topological polar surface area (TPSA) is 28.7 Å². The maximum atomic E-state index is 4.38. The molecule has 14 heavy (non-hydrogen) atoms. The maximum absolute atomic E-state index is 4.38. The van der Waals surface area contributed by atoms with Gasteiger partial charge in [-0.25, -0.2) is 4.98 Å². The molecule has 0 bridgehead atoms. The highest BCUT2D eigenvalue weighted by Crippen LogP contribution is 2.28.